The van der Waals surface area contributed by atoms with Crippen molar-refractivity contribution in [2.45, 2.75) is 37.5 Å². The molecule has 1 aromatic rings. The SMILES string of the molecule is Cc1nc(SCC(N)(C#N)C2CC2)oc1C. The molecule has 2 rings (SSSR count). The first-order valence-electron chi connectivity index (χ1n) is 5.32. The predicted molar refractivity (Wildman–Crippen MR) is 62.0 cm³/mol. The molecule has 0 aliphatic heterocycles. The third kappa shape index (κ3) is 2.23. The molecule has 1 aromatic heterocycles. The Morgan fingerprint density at radius 1 is 1.62 bits per heavy atom. The van der Waals surface area contributed by atoms with Gasteiger partial charge in [-0.05, 0) is 32.6 Å². The first kappa shape index (κ1) is 11.5. The van der Waals surface area contributed by atoms with Crippen molar-refractivity contribution in [3.8, 4) is 6.07 Å². The molecule has 1 aliphatic carbocycles. The van der Waals surface area contributed by atoms with Gasteiger partial charge in [0.05, 0.1) is 11.8 Å². The number of nitriles is 1. The second kappa shape index (κ2) is 4.11. The zero-order valence-electron chi connectivity index (χ0n) is 9.49. The van der Waals surface area contributed by atoms with Crippen LogP contribution in [0.5, 0.6) is 0 Å². The summed E-state index contributed by atoms with van der Waals surface area (Å²) < 4.78 is 5.44. The van der Waals surface area contributed by atoms with E-state index in [2.05, 4.69) is 11.1 Å². The summed E-state index contributed by atoms with van der Waals surface area (Å²) in [7, 11) is 0. The fraction of sp³-hybridized carbons (Fsp3) is 0.636. The van der Waals surface area contributed by atoms with Crippen molar-refractivity contribution in [2.75, 3.05) is 5.75 Å². The minimum atomic E-state index is -0.721. The van der Waals surface area contributed by atoms with Crippen molar-refractivity contribution in [3.05, 3.63) is 11.5 Å². The number of nitrogens with zero attached hydrogens (tertiary/aromatic N) is 2. The third-order valence-electron chi connectivity index (χ3n) is 2.96. The Morgan fingerprint density at radius 2 is 2.31 bits per heavy atom. The Kier molecular flexibility index (Phi) is 2.96. The highest BCUT2D eigenvalue weighted by Gasteiger charge is 2.42. The highest BCUT2D eigenvalue weighted by atomic mass is 32.2. The van der Waals surface area contributed by atoms with Crippen molar-refractivity contribution >= 4 is 11.8 Å². The minimum Gasteiger partial charge on any atom is -0.437 e. The van der Waals surface area contributed by atoms with Gasteiger partial charge in [0.1, 0.15) is 11.3 Å². The maximum Gasteiger partial charge on any atom is 0.256 e. The van der Waals surface area contributed by atoms with E-state index in [0.717, 1.165) is 24.3 Å². The predicted octanol–water partition coefficient (Wildman–Crippen LogP) is 2.01. The molecule has 0 bridgehead atoms. The highest BCUT2D eigenvalue weighted by Crippen LogP contribution is 2.40. The molecule has 1 unspecified atom stereocenters. The van der Waals surface area contributed by atoms with Crippen LogP contribution in [-0.4, -0.2) is 16.3 Å². The van der Waals surface area contributed by atoms with Crippen LogP contribution in [0.4, 0.5) is 0 Å². The molecule has 5 heteroatoms. The Hall–Kier alpha value is -0.990. The van der Waals surface area contributed by atoms with E-state index in [-0.39, 0.29) is 0 Å². The smallest absolute Gasteiger partial charge is 0.256 e. The molecule has 1 atom stereocenters. The van der Waals surface area contributed by atoms with Crippen LogP contribution in [0.15, 0.2) is 9.64 Å². The second-order valence-corrected chi connectivity index (χ2v) is 5.26. The van der Waals surface area contributed by atoms with Crippen molar-refractivity contribution < 1.29 is 4.42 Å². The molecule has 1 saturated carbocycles. The van der Waals surface area contributed by atoms with Crippen molar-refractivity contribution in [1.82, 2.24) is 4.98 Å². The standard InChI is InChI=1S/C11H15N3OS/c1-7-8(2)15-10(14-7)16-6-11(13,5-12)9-3-4-9/h9H,3-4,6,13H2,1-2H3. The number of oxazole rings is 1. The minimum absolute atomic E-state index is 0.349. The Labute approximate surface area is 99.2 Å². The van der Waals surface area contributed by atoms with Crippen LogP contribution in [-0.2, 0) is 0 Å². The molecule has 2 N–H and O–H groups in total. The maximum absolute atomic E-state index is 9.09. The van der Waals surface area contributed by atoms with Crippen LogP contribution in [0.2, 0.25) is 0 Å². The molecular formula is C11H15N3OS. The van der Waals surface area contributed by atoms with E-state index in [1.807, 2.05) is 13.8 Å². The van der Waals surface area contributed by atoms with Crippen LogP contribution in [0.3, 0.4) is 0 Å². The molecule has 1 aliphatic rings. The lowest BCUT2D eigenvalue weighted by molar-refractivity contribution is 0.429. The lowest BCUT2D eigenvalue weighted by Crippen LogP contribution is -2.43. The summed E-state index contributed by atoms with van der Waals surface area (Å²) in [6.45, 7) is 3.79. The Balaban J connectivity index is 1.98. The molecule has 0 amide bonds. The summed E-state index contributed by atoms with van der Waals surface area (Å²) in [6.07, 6.45) is 2.13. The highest BCUT2D eigenvalue weighted by molar-refractivity contribution is 7.99. The van der Waals surface area contributed by atoms with Gasteiger partial charge in [-0.3, -0.25) is 0 Å². The first-order valence-corrected chi connectivity index (χ1v) is 6.30. The van der Waals surface area contributed by atoms with Gasteiger partial charge in [-0.1, -0.05) is 11.8 Å². The van der Waals surface area contributed by atoms with Crippen LogP contribution in [0, 0.1) is 31.1 Å². The molecule has 0 radical (unpaired) electrons. The Morgan fingerprint density at radius 3 is 2.75 bits per heavy atom. The summed E-state index contributed by atoms with van der Waals surface area (Å²) in [5.41, 5.74) is 6.22. The van der Waals surface area contributed by atoms with E-state index in [4.69, 9.17) is 15.4 Å². The molecule has 4 nitrogen and oxygen atoms in total. The molecular weight excluding hydrogens is 222 g/mol. The lowest BCUT2D eigenvalue weighted by Gasteiger charge is -2.18. The molecule has 86 valence electrons. The molecule has 1 heterocycles. The monoisotopic (exact) mass is 237 g/mol. The largest absolute Gasteiger partial charge is 0.437 e. The van der Waals surface area contributed by atoms with E-state index < -0.39 is 5.54 Å². The second-order valence-electron chi connectivity index (χ2n) is 4.34. The fourth-order valence-corrected chi connectivity index (χ4v) is 2.57. The van der Waals surface area contributed by atoms with Crippen LogP contribution >= 0.6 is 11.8 Å². The zero-order valence-corrected chi connectivity index (χ0v) is 10.3. The number of nitrogens with two attached hydrogens (primary N) is 1. The molecule has 0 spiro atoms. The summed E-state index contributed by atoms with van der Waals surface area (Å²) in [5.74, 6) is 1.73. The fourth-order valence-electron chi connectivity index (χ4n) is 1.53. The van der Waals surface area contributed by atoms with Gasteiger partial charge in [-0.2, -0.15) is 5.26 Å². The summed E-state index contributed by atoms with van der Waals surface area (Å²) in [4.78, 5) is 4.26. The van der Waals surface area contributed by atoms with Crippen LogP contribution in [0.1, 0.15) is 24.3 Å². The van der Waals surface area contributed by atoms with Gasteiger partial charge in [0, 0.05) is 5.75 Å². The zero-order chi connectivity index (χ0) is 11.8. The van der Waals surface area contributed by atoms with E-state index in [1.54, 1.807) is 0 Å². The van der Waals surface area contributed by atoms with Crippen molar-refractivity contribution in [2.24, 2.45) is 11.7 Å². The van der Waals surface area contributed by atoms with E-state index >= 15 is 0 Å². The van der Waals surface area contributed by atoms with Crippen molar-refractivity contribution in [1.29, 1.82) is 5.26 Å². The number of thioether (sulfide) groups is 1. The van der Waals surface area contributed by atoms with Gasteiger partial charge >= 0.3 is 0 Å². The molecule has 0 saturated heterocycles. The lowest BCUT2D eigenvalue weighted by atomic mass is 10.00. The quantitative estimate of drug-likeness (QED) is 0.811. The topological polar surface area (TPSA) is 75.8 Å². The maximum atomic E-state index is 9.09. The van der Waals surface area contributed by atoms with Gasteiger partial charge in [0.25, 0.3) is 5.22 Å². The molecule has 16 heavy (non-hydrogen) atoms. The van der Waals surface area contributed by atoms with Gasteiger partial charge < -0.3 is 10.2 Å². The third-order valence-corrected chi connectivity index (χ3v) is 4.00. The first-order chi connectivity index (χ1) is 7.55. The molecule has 1 fully saturated rings. The average Bonchev–Trinajstić information content (AvgIpc) is 3.05. The number of aryl methyl sites for hydroxylation is 2. The van der Waals surface area contributed by atoms with Crippen LogP contribution in [0.25, 0.3) is 0 Å². The summed E-state index contributed by atoms with van der Waals surface area (Å²) in [6, 6.07) is 2.22. The number of hydrogen-bond acceptors (Lipinski definition) is 5. The number of aromatic nitrogens is 1. The summed E-state index contributed by atoms with van der Waals surface area (Å²) >= 11 is 1.43. The van der Waals surface area contributed by atoms with Crippen LogP contribution < -0.4 is 5.73 Å². The molecule has 0 aromatic carbocycles. The van der Waals surface area contributed by atoms with Gasteiger partial charge in [-0.15, -0.1) is 0 Å². The van der Waals surface area contributed by atoms with E-state index in [1.165, 1.54) is 11.8 Å². The normalized spacial score (nSPS) is 19.1. The average molecular weight is 237 g/mol. The van der Waals surface area contributed by atoms with E-state index in [0.29, 0.717) is 16.9 Å². The van der Waals surface area contributed by atoms with Crippen molar-refractivity contribution in [3.63, 3.8) is 0 Å². The van der Waals surface area contributed by atoms with Gasteiger partial charge in [0.15, 0.2) is 0 Å². The Bertz CT molecular complexity index is 413. The van der Waals surface area contributed by atoms with Gasteiger partial charge in [0.2, 0.25) is 0 Å². The number of hydrogen-bond donors (Lipinski definition) is 1. The number of rotatable bonds is 4. The van der Waals surface area contributed by atoms with E-state index in [9.17, 15) is 0 Å². The summed E-state index contributed by atoms with van der Waals surface area (Å²) in [5, 5.41) is 9.71. The van der Waals surface area contributed by atoms with Gasteiger partial charge in [-0.25, -0.2) is 4.98 Å².